The summed E-state index contributed by atoms with van der Waals surface area (Å²) >= 11 is 0. The second kappa shape index (κ2) is 6.56. The van der Waals surface area contributed by atoms with Gasteiger partial charge < -0.3 is 19.4 Å². The Morgan fingerprint density at radius 1 is 1.36 bits per heavy atom. The molecule has 25 heavy (non-hydrogen) atoms. The number of ether oxygens (including phenoxy) is 2. The number of aryl methyl sites for hydroxylation is 1. The summed E-state index contributed by atoms with van der Waals surface area (Å²) < 4.78 is 12.9. The van der Waals surface area contributed by atoms with Crippen molar-refractivity contribution >= 4 is 5.69 Å². The highest BCUT2D eigenvalue weighted by molar-refractivity contribution is 5.74. The molecule has 0 bridgehead atoms. The Balaban J connectivity index is 1.73. The molecule has 3 heterocycles. The lowest BCUT2D eigenvalue weighted by Gasteiger charge is -2.26. The molecule has 5 heteroatoms. The van der Waals surface area contributed by atoms with Crippen LogP contribution in [0.4, 0.5) is 5.69 Å². The minimum atomic E-state index is 0.0527. The van der Waals surface area contributed by atoms with E-state index in [4.69, 9.17) is 9.47 Å². The molecule has 1 fully saturated rings. The number of fused-ring (bicyclic) bond motifs is 3. The average molecular weight is 340 g/mol. The van der Waals surface area contributed by atoms with Gasteiger partial charge in [0.25, 0.3) is 5.56 Å². The third kappa shape index (κ3) is 2.93. The minimum Gasteiger partial charge on any atom is -0.497 e. The summed E-state index contributed by atoms with van der Waals surface area (Å²) in [6, 6.07) is 7.83. The summed E-state index contributed by atoms with van der Waals surface area (Å²) in [7, 11) is 1.68. The number of pyridine rings is 1. The maximum Gasteiger partial charge on any atom is 0.253 e. The van der Waals surface area contributed by atoms with Crippen LogP contribution < -0.4 is 15.6 Å². The number of benzene rings is 1. The van der Waals surface area contributed by atoms with Gasteiger partial charge in [0.2, 0.25) is 0 Å². The first-order valence-corrected chi connectivity index (χ1v) is 8.94. The summed E-state index contributed by atoms with van der Waals surface area (Å²) in [4.78, 5) is 12.6. The van der Waals surface area contributed by atoms with Crippen molar-refractivity contribution in [3.8, 4) is 17.0 Å². The van der Waals surface area contributed by atoms with E-state index in [1.165, 1.54) is 5.56 Å². The van der Waals surface area contributed by atoms with Crippen molar-refractivity contribution in [1.29, 1.82) is 0 Å². The summed E-state index contributed by atoms with van der Waals surface area (Å²) in [6.45, 7) is 4.39. The number of aromatic nitrogens is 1. The lowest BCUT2D eigenvalue weighted by Crippen LogP contribution is -2.28. The molecule has 0 aliphatic carbocycles. The molecular weight excluding hydrogens is 316 g/mol. The zero-order valence-electron chi connectivity index (χ0n) is 14.8. The molecule has 132 valence electrons. The topological polar surface area (TPSA) is 52.5 Å². The maximum absolute atomic E-state index is 12.6. The fourth-order valence-corrected chi connectivity index (χ4v) is 3.90. The van der Waals surface area contributed by atoms with Gasteiger partial charge in [-0.2, -0.15) is 0 Å². The van der Waals surface area contributed by atoms with Crippen molar-refractivity contribution in [2.45, 2.75) is 38.8 Å². The molecule has 4 rings (SSSR count). The van der Waals surface area contributed by atoms with E-state index < -0.39 is 0 Å². The largest absolute Gasteiger partial charge is 0.497 e. The van der Waals surface area contributed by atoms with Gasteiger partial charge in [0.05, 0.1) is 18.9 Å². The first-order chi connectivity index (χ1) is 12.2. The fraction of sp³-hybridized carbons (Fsp3) is 0.450. The van der Waals surface area contributed by atoms with Gasteiger partial charge in [0.1, 0.15) is 5.75 Å². The molecule has 0 radical (unpaired) electrons. The predicted molar refractivity (Wildman–Crippen MR) is 98.6 cm³/mol. The Kier molecular flexibility index (Phi) is 4.25. The van der Waals surface area contributed by atoms with Crippen LogP contribution >= 0.6 is 0 Å². The SMILES string of the molecule is COc1ccc2c(c1)CCn1c-2c(C)c(NCC2CCCO2)cc1=O. The quantitative estimate of drug-likeness (QED) is 0.930. The van der Waals surface area contributed by atoms with Gasteiger partial charge in [-0.3, -0.25) is 4.79 Å². The van der Waals surface area contributed by atoms with Crippen LogP contribution in [0.25, 0.3) is 11.3 Å². The highest BCUT2D eigenvalue weighted by Gasteiger charge is 2.22. The van der Waals surface area contributed by atoms with Crippen LogP contribution in [0.5, 0.6) is 5.75 Å². The lowest BCUT2D eigenvalue weighted by molar-refractivity contribution is 0.120. The molecule has 1 aromatic carbocycles. The molecule has 2 aliphatic heterocycles. The molecule has 0 amide bonds. The van der Waals surface area contributed by atoms with Crippen molar-refractivity contribution in [3.63, 3.8) is 0 Å². The lowest BCUT2D eigenvalue weighted by atomic mass is 9.94. The summed E-state index contributed by atoms with van der Waals surface area (Å²) in [5.41, 5.74) is 5.46. The molecule has 0 spiro atoms. The molecule has 1 unspecified atom stereocenters. The Morgan fingerprint density at radius 2 is 2.24 bits per heavy atom. The van der Waals surface area contributed by atoms with Crippen LogP contribution in [0.2, 0.25) is 0 Å². The molecule has 1 atom stereocenters. The van der Waals surface area contributed by atoms with Crippen LogP contribution in [0.3, 0.4) is 0 Å². The summed E-state index contributed by atoms with van der Waals surface area (Å²) in [5, 5.41) is 3.44. The number of hydrogen-bond acceptors (Lipinski definition) is 4. The molecule has 1 saturated heterocycles. The molecule has 2 aromatic rings. The van der Waals surface area contributed by atoms with Gasteiger partial charge >= 0.3 is 0 Å². The van der Waals surface area contributed by atoms with Gasteiger partial charge in [-0.25, -0.2) is 0 Å². The smallest absolute Gasteiger partial charge is 0.253 e. The van der Waals surface area contributed by atoms with Crippen molar-refractivity contribution in [1.82, 2.24) is 4.57 Å². The third-order valence-corrected chi connectivity index (χ3v) is 5.28. The summed E-state index contributed by atoms with van der Waals surface area (Å²) in [5.74, 6) is 0.861. The van der Waals surface area contributed by atoms with Gasteiger partial charge in [-0.05, 0) is 55.5 Å². The second-order valence-corrected chi connectivity index (χ2v) is 6.81. The van der Waals surface area contributed by atoms with Crippen LogP contribution in [0.1, 0.15) is 24.0 Å². The first-order valence-electron chi connectivity index (χ1n) is 8.94. The number of methoxy groups -OCH3 is 1. The van der Waals surface area contributed by atoms with Crippen LogP contribution in [-0.2, 0) is 17.7 Å². The van der Waals surface area contributed by atoms with Gasteiger partial charge in [0, 0.05) is 37.0 Å². The highest BCUT2D eigenvalue weighted by Crippen LogP contribution is 2.35. The Labute approximate surface area is 147 Å². The monoisotopic (exact) mass is 340 g/mol. The van der Waals surface area contributed by atoms with Crippen LogP contribution in [-0.4, -0.2) is 30.9 Å². The summed E-state index contributed by atoms with van der Waals surface area (Å²) in [6.07, 6.45) is 3.29. The fourth-order valence-electron chi connectivity index (χ4n) is 3.90. The van der Waals surface area contributed by atoms with E-state index in [-0.39, 0.29) is 11.7 Å². The van der Waals surface area contributed by atoms with E-state index >= 15 is 0 Å². The second-order valence-electron chi connectivity index (χ2n) is 6.81. The zero-order valence-corrected chi connectivity index (χ0v) is 14.8. The molecule has 5 nitrogen and oxygen atoms in total. The maximum atomic E-state index is 12.6. The molecule has 2 aliphatic rings. The number of rotatable bonds is 4. The van der Waals surface area contributed by atoms with Gasteiger partial charge in [0.15, 0.2) is 0 Å². The Hall–Kier alpha value is -2.27. The van der Waals surface area contributed by atoms with Crippen molar-refractivity contribution < 1.29 is 9.47 Å². The van der Waals surface area contributed by atoms with Gasteiger partial charge in [-0.1, -0.05) is 0 Å². The van der Waals surface area contributed by atoms with E-state index in [1.54, 1.807) is 13.2 Å². The van der Waals surface area contributed by atoms with E-state index in [9.17, 15) is 4.79 Å². The van der Waals surface area contributed by atoms with Crippen molar-refractivity contribution in [2.24, 2.45) is 0 Å². The molecule has 1 aromatic heterocycles. The number of hydrogen-bond donors (Lipinski definition) is 1. The van der Waals surface area contributed by atoms with Gasteiger partial charge in [-0.15, -0.1) is 0 Å². The first kappa shape index (κ1) is 16.2. The highest BCUT2D eigenvalue weighted by atomic mass is 16.5. The average Bonchev–Trinajstić information content (AvgIpc) is 3.15. The number of anilines is 1. The van der Waals surface area contributed by atoms with E-state index in [2.05, 4.69) is 24.4 Å². The van der Waals surface area contributed by atoms with Crippen molar-refractivity contribution in [3.05, 3.63) is 45.7 Å². The van der Waals surface area contributed by atoms with Crippen molar-refractivity contribution in [2.75, 3.05) is 25.6 Å². The number of nitrogens with zero attached hydrogens (tertiary/aromatic N) is 1. The standard InChI is InChI=1S/C20H24N2O3/c1-13-18(21-12-16-4-3-9-25-16)11-19(23)22-8-7-14-10-15(24-2)5-6-17(14)20(13)22/h5-6,10-11,16,21H,3-4,7-9,12H2,1-2H3. The third-order valence-electron chi connectivity index (χ3n) is 5.28. The molecular formula is C20H24N2O3. The predicted octanol–water partition coefficient (Wildman–Crippen LogP) is 2.98. The zero-order chi connectivity index (χ0) is 17.4. The normalized spacial score (nSPS) is 18.6. The molecule has 0 saturated carbocycles. The van der Waals surface area contributed by atoms with E-state index in [0.29, 0.717) is 6.54 Å². The van der Waals surface area contributed by atoms with Crippen LogP contribution in [0, 0.1) is 6.92 Å². The van der Waals surface area contributed by atoms with Crippen LogP contribution in [0.15, 0.2) is 29.1 Å². The Bertz CT molecular complexity index is 851. The van der Waals surface area contributed by atoms with E-state index in [1.807, 2.05) is 10.6 Å². The number of nitrogens with one attached hydrogen (secondary N) is 1. The Morgan fingerprint density at radius 3 is 3.00 bits per heavy atom. The van der Waals surface area contributed by atoms with E-state index in [0.717, 1.165) is 60.7 Å². The molecule has 1 N–H and O–H groups in total. The minimum absolute atomic E-state index is 0.0527.